The van der Waals surface area contributed by atoms with Crippen LogP contribution in [0.4, 0.5) is 5.69 Å². The SMILES string of the molecule is CON1C=C2N=NC3=C(N2C1)N(c1cccc(Cl)c1)C=C(C1CC1)C3. The monoisotopic (exact) mass is 355 g/mol. The minimum absolute atomic E-state index is 0.591. The molecule has 0 amide bonds. The quantitative estimate of drug-likeness (QED) is 0.805. The van der Waals surface area contributed by atoms with Gasteiger partial charge in [-0.25, -0.2) is 5.06 Å². The lowest BCUT2D eigenvalue weighted by Crippen LogP contribution is -2.37. The molecule has 3 aliphatic heterocycles. The van der Waals surface area contributed by atoms with Gasteiger partial charge < -0.3 is 4.90 Å². The molecule has 0 aromatic heterocycles. The van der Waals surface area contributed by atoms with Crippen molar-refractivity contribution in [3.05, 3.63) is 64.6 Å². The topological polar surface area (TPSA) is 43.7 Å². The molecule has 1 aromatic rings. The number of benzene rings is 1. The number of anilines is 1. The number of hydrogen-bond donors (Lipinski definition) is 0. The van der Waals surface area contributed by atoms with E-state index in [0.717, 1.165) is 34.5 Å². The summed E-state index contributed by atoms with van der Waals surface area (Å²) in [5.74, 6) is 2.50. The Kier molecular flexibility index (Phi) is 3.36. The van der Waals surface area contributed by atoms with Gasteiger partial charge in [0.05, 0.1) is 13.3 Å². The van der Waals surface area contributed by atoms with Crippen molar-refractivity contribution in [1.82, 2.24) is 9.96 Å². The second-order valence-electron chi connectivity index (χ2n) is 6.63. The molecule has 0 atom stereocenters. The molecule has 4 aliphatic rings. The van der Waals surface area contributed by atoms with Crippen LogP contribution in [0.2, 0.25) is 5.02 Å². The smallest absolute Gasteiger partial charge is 0.177 e. The fraction of sp³-hybridized carbons (Fsp3) is 0.333. The number of halogens is 1. The van der Waals surface area contributed by atoms with E-state index in [-0.39, 0.29) is 0 Å². The van der Waals surface area contributed by atoms with Gasteiger partial charge in [-0.15, -0.1) is 10.2 Å². The molecule has 7 heteroatoms. The molecule has 1 aliphatic carbocycles. The second kappa shape index (κ2) is 5.61. The molecular formula is C18H18ClN5O. The molecule has 3 heterocycles. The number of nitrogens with zero attached hydrogens (tertiary/aromatic N) is 5. The molecule has 0 spiro atoms. The first-order valence-electron chi connectivity index (χ1n) is 8.43. The molecule has 1 saturated carbocycles. The van der Waals surface area contributed by atoms with Crippen LogP contribution in [0.5, 0.6) is 0 Å². The van der Waals surface area contributed by atoms with Gasteiger partial charge >= 0.3 is 0 Å². The normalized spacial score (nSPS) is 22.1. The Morgan fingerprint density at radius 3 is 2.84 bits per heavy atom. The van der Waals surface area contributed by atoms with Crippen LogP contribution in [0.15, 0.2) is 69.8 Å². The molecule has 0 unspecified atom stereocenters. The molecule has 0 bridgehead atoms. The third-order valence-corrected chi connectivity index (χ3v) is 5.16. The number of hydrogen-bond acceptors (Lipinski definition) is 6. The predicted octanol–water partition coefficient (Wildman–Crippen LogP) is 4.41. The third-order valence-electron chi connectivity index (χ3n) is 4.92. The maximum absolute atomic E-state index is 6.25. The summed E-state index contributed by atoms with van der Waals surface area (Å²) >= 11 is 6.25. The van der Waals surface area contributed by atoms with E-state index >= 15 is 0 Å². The van der Waals surface area contributed by atoms with E-state index in [4.69, 9.17) is 16.4 Å². The van der Waals surface area contributed by atoms with Crippen LogP contribution >= 0.6 is 11.6 Å². The highest BCUT2D eigenvalue weighted by Gasteiger charge is 2.38. The molecule has 128 valence electrons. The number of hydroxylamine groups is 2. The highest BCUT2D eigenvalue weighted by Crippen LogP contribution is 2.46. The molecule has 6 nitrogen and oxygen atoms in total. The van der Waals surface area contributed by atoms with Crippen molar-refractivity contribution in [3.63, 3.8) is 0 Å². The number of azo groups is 1. The van der Waals surface area contributed by atoms with E-state index < -0.39 is 0 Å². The van der Waals surface area contributed by atoms with E-state index in [9.17, 15) is 0 Å². The fourth-order valence-corrected chi connectivity index (χ4v) is 3.69. The van der Waals surface area contributed by atoms with Gasteiger partial charge in [0.25, 0.3) is 0 Å². The summed E-state index contributed by atoms with van der Waals surface area (Å²) in [6.07, 6.45) is 7.51. The molecule has 0 saturated heterocycles. The summed E-state index contributed by atoms with van der Waals surface area (Å²) in [6.45, 7) is 0.591. The van der Waals surface area contributed by atoms with Gasteiger partial charge in [0.15, 0.2) is 5.82 Å². The van der Waals surface area contributed by atoms with E-state index in [1.54, 1.807) is 12.2 Å². The fourth-order valence-electron chi connectivity index (χ4n) is 3.51. The van der Waals surface area contributed by atoms with Crippen molar-refractivity contribution < 1.29 is 4.84 Å². The van der Waals surface area contributed by atoms with E-state index in [1.165, 1.54) is 18.4 Å². The van der Waals surface area contributed by atoms with E-state index in [2.05, 4.69) is 32.3 Å². The number of fused-ring (bicyclic) bond motifs is 2. The van der Waals surface area contributed by atoms with Crippen molar-refractivity contribution in [2.45, 2.75) is 19.3 Å². The maximum Gasteiger partial charge on any atom is 0.177 e. The van der Waals surface area contributed by atoms with Crippen molar-refractivity contribution in [1.29, 1.82) is 0 Å². The Hall–Kier alpha value is -2.31. The van der Waals surface area contributed by atoms with Gasteiger partial charge in [-0.05, 0) is 42.5 Å². The van der Waals surface area contributed by atoms with Crippen LogP contribution in [0.3, 0.4) is 0 Å². The molecule has 0 radical (unpaired) electrons. The average Bonchev–Trinajstić information content (AvgIpc) is 3.39. The molecule has 5 rings (SSSR count). The Morgan fingerprint density at radius 2 is 2.08 bits per heavy atom. The van der Waals surface area contributed by atoms with Gasteiger partial charge in [0, 0.05) is 23.3 Å². The van der Waals surface area contributed by atoms with Crippen LogP contribution in [0.1, 0.15) is 19.3 Å². The zero-order valence-corrected chi connectivity index (χ0v) is 14.6. The zero-order chi connectivity index (χ0) is 17.0. The summed E-state index contributed by atoms with van der Waals surface area (Å²) in [4.78, 5) is 9.68. The first-order chi connectivity index (χ1) is 12.2. The second-order valence-corrected chi connectivity index (χ2v) is 7.07. The highest BCUT2D eigenvalue weighted by atomic mass is 35.5. The van der Waals surface area contributed by atoms with Gasteiger partial charge in [-0.2, -0.15) is 0 Å². The Bertz CT molecular complexity index is 855. The zero-order valence-electron chi connectivity index (χ0n) is 13.9. The average molecular weight is 356 g/mol. The minimum atomic E-state index is 0.591. The first-order valence-corrected chi connectivity index (χ1v) is 8.81. The minimum Gasteiger partial charge on any atom is -0.302 e. The van der Waals surface area contributed by atoms with Gasteiger partial charge in [0.1, 0.15) is 18.2 Å². The summed E-state index contributed by atoms with van der Waals surface area (Å²) in [5.41, 5.74) is 3.46. The van der Waals surface area contributed by atoms with E-state index in [1.807, 2.05) is 24.4 Å². The molecular weight excluding hydrogens is 338 g/mol. The van der Waals surface area contributed by atoms with Crippen LogP contribution in [0.25, 0.3) is 0 Å². The Balaban J connectivity index is 1.60. The number of rotatable bonds is 3. The highest BCUT2D eigenvalue weighted by molar-refractivity contribution is 6.30. The van der Waals surface area contributed by atoms with Crippen molar-refractivity contribution in [2.24, 2.45) is 16.1 Å². The Labute approximate surface area is 151 Å². The summed E-state index contributed by atoms with van der Waals surface area (Å²) < 4.78 is 0. The van der Waals surface area contributed by atoms with Crippen molar-refractivity contribution in [3.8, 4) is 0 Å². The van der Waals surface area contributed by atoms with Crippen LogP contribution < -0.4 is 4.90 Å². The lowest BCUT2D eigenvalue weighted by atomic mass is 10.0. The molecule has 25 heavy (non-hydrogen) atoms. The maximum atomic E-state index is 6.25. The summed E-state index contributed by atoms with van der Waals surface area (Å²) in [6, 6.07) is 7.92. The van der Waals surface area contributed by atoms with Gasteiger partial charge in [0.2, 0.25) is 0 Å². The van der Waals surface area contributed by atoms with Gasteiger partial charge in [-0.1, -0.05) is 17.7 Å². The standard InChI is InChI=1S/C18H18ClN5O/c1-25-22-10-17-21-20-16-7-13(12-5-6-12)9-23(18(16)24(17)11-22)15-4-2-3-14(19)8-15/h2-4,8-10,12H,5-7,11H2,1H3. The van der Waals surface area contributed by atoms with Crippen LogP contribution in [-0.2, 0) is 4.84 Å². The lowest BCUT2D eigenvalue weighted by Gasteiger charge is -2.37. The molecule has 1 aromatic carbocycles. The predicted molar refractivity (Wildman–Crippen MR) is 94.9 cm³/mol. The van der Waals surface area contributed by atoms with Crippen LogP contribution in [0, 0.1) is 5.92 Å². The summed E-state index contributed by atoms with van der Waals surface area (Å²) in [7, 11) is 1.66. The van der Waals surface area contributed by atoms with Gasteiger partial charge in [-0.3, -0.25) is 9.74 Å². The molecule has 1 fully saturated rings. The van der Waals surface area contributed by atoms with Crippen molar-refractivity contribution in [2.75, 3.05) is 18.7 Å². The third kappa shape index (κ3) is 2.53. The van der Waals surface area contributed by atoms with Crippen LogP contribution in [-0.4, -0.2) is 23.7 Å². The van der Waals surface area contributed by atoms with E-state index in [0.29, 0.717) is 12.6 Å². The lowest BCUT2D eigenvalue weighted by molar-refractivity contribution is -0.0952. The number of allylic oxidation sites excluding steroid dienone is 1. The first kappa shape index (κ1) is 15.0. The van der Waals surface area contributed by atoms with Crippen molar-refractivity contribution >= 4 is 17.3 Å². The largest absolute Gasteiger partial charge is 0.302 e. The Morgan fingerprint density at radius 1 is 1.20 bits per heavy atom. The molecule has 0 N–H and O–H groups in total. The summed E-state index contributed by atoms with van der Waals surface area (Å²) in [5, 5.41) is 11.4.